The van der Waals surface area contributed by atoms with Crippen molar-refractivity contribution in [3.8, 4) is 0 Å². The molecule has 0 aliphatic rings. The summed E-state index contributed by atoms with van der Waals surface area (Å²) in [6, 6.07) is 17.1. The van der Waals surface area contributed by atoms with Crippen LogP contribution in [-0.4, -0.2) is 23.7 Å². The average Bonchev–Trinajstić information content (AvgIpc) is 2.55. The highest BCUT2D eigenvalue weighted by Gasteiger charge is 2.13. The van der Waals surface area contributed by atoms with Gasteiger partial charge >= 0.3 is 0 Å². The number of aryl methyl sites for hydroxylation is 1. The lowest BCUT2D eigenvalue weighted by atomic mass is 10.1. The maximum atomic E-state index is 12.2. The van der Waals surface area contributed by atoms with E-state index in [1.165, 1.54) is 5.56 Å². The van der Waals surface area contributed by atoms with Crippen molar-refractivity contribution in [2.75, 3.05) is 6.61 Å². The maximum Gasteiger partial charge on any atom is 0.251 e. The number of carbonyl (C=O) groups is 1. The van der Waals surface area contributed by atoms with Gasteiger partial charge in [0.2, 0.25) is 0 Å². The highest BCUT2D eigenvalue weighted by Crippen LogP contribution is 2.07. The number of aliphatic hydroxyl groups excluding tert-OH is 1. The summed E-state index contributed by atoms with van der Waals surface area (Å²) in [7, 11) is 0. The van der Waals surface area contributed by atoms with Crippen molar-refractivity contribution in [1.82, 2.24) is 5.32 Å². The third-order valence-corrected chi connectivity index (χ3v) is 3.50. The third kappa shape index (κ3) is 4.43. The van der Waals surface area contributed by atoms with Crippen LogP contribution in [0.2, 0.25) is 0 Å². The van der Waals surface area contributed by atoms with E-state index in [1.54, 1.807) is 0 Å². The Morgan fingerprint density at radius 3 is 2.29 bits per heavy atom. The lowest BCUT2D eigenvalue weighted by molar-refractivity contribution is 0.0916. The van der Waals surface area contributed by atoms with E-state index in [2.05, 4.69) is 12.2 Å². The van der Waals surface area contributed by atoms with Gasteiger partial charge in [0, 0.05) is 5.56 Å². The average molecular weight is 283 g/mol. The smallest absolute Gasteiger partial charge is 0.251 e. The molecular formula is C18H21NO2. The molecule has 0 aromatic heterocycles. The fraction of sp³-hybridized carbons (Fsp3) is 0.278. The van der Waals surface area contributed by atoms with Crippen LogP contribution in [0.25, 0.3) is 0 Å². The van der Waals surface area contributed by atoms with Crippen molar-refractivity contribution in [3.63, 3.8) is 0 Å². The first kappa shape index (κ1) is 15.3. The first-order valence-corrected chi connectivity index (χ1v) is 7.27. The molecule has 1 amide bonds. The Balaban J connectivity index is 1.98. The minimum Gasteiger partial charge on any atom is -0.394 e. The molecule has 21 heavy (non-hydrogen) atoms. The predicted molar refractivity (Wildman–Crippen MR) is 84.3 cm³/mol. The summed E-state index contributed by atoms with van der Waals surface area (Å²) in [5, 5.41) is 12.3. The molecule has 0 spiro atoms. The van der Waals surface area contributed by atoms with Gasteiger partial charge in [-0.25, -0.2) is 0 Å². The Kier molecular flexibility index (Phi) is 5.52. The van der Waals surface area contributed by atoms with Gasteiger partial charge in [-0.1, -0.05) is 49.4 Å². The number of amides is 1. The van der Waals surface area contributed by atoms with Crippen LogP contribution in [0.1, 0.15) is 28.4 Å². The topological polar surface area (TPSA) is 49.3 Å². The summed E-state index contributed by atoms with van der Waals surface area (Å²) in [6.07, 6.45) is 1.57. The molecule has 2 N–H and O–H groups in total. The van der Waals surface area contributed by atoms with Crippen LogP contribution < -0.4 is 5.32 Å². The molecule has 0 aliphatic heterocycles. The normalized spacial score (nSPS) is 11.9. The molecule has 2 aromatic rings. The summed E-state index contributed by atoms with van der Waals surface area (Å²) in [6.45, 7) is 2.00. The molecule has 3 heteroatoms. The summed E-state index contributed by atoms with van der Waals surface area (Å²) < 4.78 is 0. The molecule has 3 nitrogen and oxygen atoms in total. The molecule has 0 bridgehead atoms. The van der Waals surface area contributed by atoms with Gasteiger partial charge in [-0.15, -0.1) is 0 Å². The maximum absolute atomic E-state index is 12.2. The molecular weight excluding hydrogens is 262 g/mol. The number of hydrogen-bond donors (Lipinski definition) is 2. The Morgan fingerprint density at radius 2 is 1.71 bits per heavy atom. The molecule has 0 radical (unpaired) electrons. The van der Waals surface area contributed by atoms with E-state index in [0.29, 0.717) is 12.0 Å². The molecule has 2 aromatic carbocycles. The van der Waals surface area contributed by atoms with Gasteiger partial charge in [0.1, 0.15) is 0 Å². The molecule has 0 unspecified atom stereocenters. The standard InChI is InChI=1S/C18H21NO2/c1-2-14-8-10-16(11-9-14)18(21)19-17(13-20)12-15-6-4-3-5-7-15/h3-11,17,20H,2,12-13H2,1H3,(H,19,21)/t17-/m1/s1. The number of rotatable bonds is 6. The van der Waals surface area contributed by atoms with Crippen LogP contribution in [0.15, 0.2) is 54.6 Å². The molecule has 0 aliphatic carbocycles. The molecule has 0 saturated heterocycles. The van der Waals surface area contributed by atoms with E-state index in [9.17, 15) is 9.90 Å². The zero-order valence-electron chi connectivity index (χ0n) is 12.3. The Bertz CT molecular complexity index is 564. The van der Waals surface area contributed by atoms with Crippen LogP contribution in [0.3, 0.4) is 0 Å². The van der Waals surface area contributed by atoms with Gasteiger partial charge in [0.25, 0.3) is 5.91 Å². The first-order valence-electron chi connectivity index (χ1n) is 7.27. The van der Waals surface area contributed by atoms with Crippen molar-refractivity contribution in [2.45, 2.75) is 25.8 Å². The van der Waals surface area contributed by atoms with E-state index in [1.807, 2.05) is 54.6 Å². The minimum absolute atomic E-state index is 0.0757. The number of carbonyl (C=O) groups excluding carboxylic acids is 1. The number of benzene rings is 2. The zero-order chi connectivity index (χ0) is 15.1. The molecule has 1 atom stereocenters. The van der Waals surface area contributed by atoms with E-state index < -0.39 is 0 Å². The van der Waals surface area contributed by atoms with Crippen LogP contribution in [0.5, 0.6) is 0 Å². The zero-order valence-corrected chi connectivity index (χ0v) is 12.3. The second-order valence-corrected chi connectivity index (χ2v) is 5.09. The predicted octanol–water partition coefficient (Wildman–Crippen LogP) is 2.58. The first-order chi connectivity index (χ1) is 10.2. The Hall–Kier alpha value is -2.13. The van der Waals surface area contributed by atoms with Gasteiger partial charge in [-0.05, 0) is 36.1 Å². The fourth-order valence-electron chi connectivity index (χ4n) is 2.22. The molecule has 0 fully saturated rings. The van der Waals surface area contributed by atoms with E-state index in [-0.39, 0.29) is 18.6 Å². The summed E-state index contributed by atoms with van der Waals surface area (Å²) in [5.74, 6) is -0.146. The summed E-state index contributed by atoms with van der Waals surface area (Å²) in [4.78, 5) is 12.2. The van der Waals surface area contributed by atoms with Gasteiger partial charge in [0.15, 0.2) is 0 Å². The quantitative estimate of drug-likeness (QED) is 0.856. The Morgan fingerprint density at radius 1 is 1.05 bits per heavy atom. The van der Waals surface area contributed by atoms with E-state index in [4.69, 9.17) is 0 Å². The highest BCUT2D eigenvalue weighted by atomic mass is 16.3. The number of nitrogens with one attached hydrogen (secondary N) is 1. The van der Waals surface area contributed by atoms with Crippen LogP contribution >= 0.6 is 0 Å². The second-order valence-electron chi connectivity index (χ2n) is 5.09. The summed E-state index contributed by atoms with van der Waals surface area (Å²) in [5.41, 5.74) is 2.92. The third-order valence-electron chi connectivity index (χ3n) is 3.50. The number of aliphatic hydroxyl groups is 1. The molecule has 0 heterocycles. The van der Waals surface area contributed by atoms with Gasteiger partial charge in [-0.3, -0.25) is 4.79 Å². The highest BCUT2D eigenvalue weighted by molar-refractivity contribution is 5.94. The second kappa shape index (κ2) is 7.60. The van der Waals surface area contributed by atoms with E-state index >= 15 is 0 Å². The summed E-state index contributed by atoms with van der Waals surface area (Å²) >= 11 is 0. The molecule has 0 saturated carbocycles. The Labute approximate surface area is 125 Å². The van der Waals surface area contributed by atoms with Crippen molar-refractivity contribution in [3.05, 3.63) is 71.3 Å². The minimum atomic E-state index is -0.272. The SMILES string of the molecule is CCc1ccc(C(=O)N[C@@H](CO)Cc2ccccc2)cc1. The van der Waals surface area contributed by atoms with Crippen molar-refractivity contribution >= 4 is 5.91 Å². The van der Waals surface area contributed by atoms with Crippen molar-refractivity contribution < 1.29 is 9.90 Å². The lowest BCUT2D eigenvalue weighted by Gasteiger charge is -2.16. The molecule has 2 rings (SSSR count). The fourth-order valence-corrected chi connectivity index (χ4v) is 2.22. The largest absolute Gasteiger partial charge is 0.394 e. The van der Waals surface area contributed by atoms with Crippen LogP contribution in [-0.2, 0) is 12.8 Å². The molecule has 110 valence electrons. The monoisotopic (exact) mass is 283 g/mol. The van der Waals surface area contributed by atoms with Gasteiger partial charge in [0.05, 0.1) is 12.6 Å². The van der Waals surface area contributed by atoms with Gasteiger partial charge in [-0.2, -0.15) is 0 Å². The van der Waals surface area contributed by atoms with E-state index in [0.717, 1.165) is 12.0 Å². The van der Waals surface area contributed by atoms with Crippen LogP contribution in [0.4, 0.5) is 0 Å². The van der Waals surface area contributed by atoms with Crippen molar-refractivity contribution in [2.24, 2.45) is 0 Å². The van der Waals surface area contributed by atoms with Crippen LogP contribution in [0, 0.1) is 0 Å². The number of hydrogen-bond acceptors (Lipinski definition) is 2. The van der Waals surface area contributed by atoms with Gasteiger partial charge < -0.3 is 10.4 Å². The lowest BCUT2D eigenvalue weighted by Crippen LogP contribution is -2.39. The van der Waals surface area contributed by atoms with Crippen molar-refractivity contribution in [1.29, 1.82) is 0 Å².